The summed E-state index contributed by atoms with van der Waals surface area (Å²) in [6, 6.07) is 17.2. The minimum absolute atomic E-state index is 0.00718. The van der Waals surface area contributed by atoms with E-state index in [0.717, 1.165) is 32.1 Å². The molecular weight excluding hydrogens is 410 g/mol. The smallest absolute Gasteiger partial charge is 0.225 e. The second-order valence-electron chi connectivity index (χ2n) is 6.03. The maximum atomic E-state index is 12.2. The number of amides is 1. The van der Waals surface area contributed by atoms with Crippen molar-refractivity contribution in [1.82, 2.24) is 9.97 Å². The summed E-state index contributed by atoms with van der Waals surface area (Å²) >= 11 is 9.18. The number of hydrogen-bond acceptors (Lipinski definition) is 5. The van der Waals surface area contributed by atoms with Gasteiger partial charge in [-0.15, -0.1) is 23.1 Å². The van der Waals surface area contributed by atoms with Gasteiger partial charge in [0.05, 0.1) is 5.39 Å². The predicted molar refractivity (Wildman–Crippen MR) is 118 cm³/mol. The van der Waals surface area contributed by atoms with Crippen molar-refractivity contribution in [2.75, 3.05) is 11.1 Å². The van der Waals surface area contributed by atoms with Crippen LogP contribution in [0.2, 0.25) is 5.02 Å². The lowest BCUT2D eigenvalue weighted by Gasteiger charge is -2.07. The molecule has 0 bridgehead atoms. The van der Waals surface area contributed by atoms with Crippen LogP contribution in [0.1, 0.15) is 6.42 Å². The van der Waals surface area contributed by atoms with Crippen molar-refractivity contribution < 1.29 is 4.79 Å². The highest BCUT2D eigenvalue weighted by molar-refractivity contribution is 7.99. The molecule has 0 radical (unpaired) electrons. The molecular formula is C21H16ClN3OS2. The number of benzene rings is 2. The molecule has 0 aliphatic heterocycles. The highest BCUT2D eigenvalue weighted by Crippen LogP contribution is 2.38. The monoisotopic (exact) mass is 425 g/mol. The Bertz CT molecular complexity index is 1100. The van der Waals surface area contributed by atoms with Crippen molar-refractivity contribution in [3.63, 3.8) is 0 Å². The van der Waals surface area contributed by atoms with E-state index in [1.54, 1.807) is 29.4 Å². The first-order valence-electron chi connectivity index (χ1n) is 8.66. The first-order chi connectivity index (χ1) is 13.7. The summed E-state index contributed by atoms with van der Waals surface area (Å²) in [5.41, 5.74) is 2.98. The Labute approximate surface area is 176 Å². The van der Waals surface area contributed by atoms with Crippen LogP contribution in [0.3, 0.4) is 0 Å². The van der Waals surface area contributed by atoms with Crippen molar-refractivity contribution in [3.8, 4) is 11.1 Å². The van der Waals surface area contributed by atoms with Crippen LogP contribution in [-0.2, 0) is 4.79 Å². The average Bonchev–Trinajstić information content (AvgIpc) is 3.14. The minimum Gasteiger partial charge on any atom is -0.326 e. The molecule has 2 heterocycles. The van der Waals surface area contributed by atoms with Gasteiger partial charge in [0.25, 0.3) is 0 Å². The molecule has 0 atom stereocenters. The topological polar surface area (TPSA) is 54.9 Å². The summed E-state index contributed by atoms with van der Waals surface area (Å²) in [4.78, 5) is 22.0. The Morgan fingerprint density at radius 2 is 1.86 bits per heavy atom. The standard InChI is InChI=1S/C21H16ClN3OS2/c22-15-8-6-14(7-9-15)17-12-28-21-19(17)20(23-13-24-21)27-11-10-18(26)25-16-4-2-1-3-5-16/h1-9,12-13H,10-11H2,(H,25,26). The molecule has 28 heavy (non-hydrogen) atoms. The molecule has 1 N–H and O–H groups in total. The number of nitrogens with one attached hydrogen (secondary N) is 1. The molecule has 0 aliphatic carbocycles. The molecule has 2 aromatic heterocycles. The summed E-state index contributed by atoms with van der Waals surface area (Å²) in [5, 5.41) is 7.63. The Morgan fingerprint density at radius 1 is 1.07 bits per heavy atom. The molecule has 140 valence electrons. The zero-order valence-electron chi connectivity index (χ0n) is 14.8. The molecule has 0 fully saturated rings. The van der Waals surface area contributed by atoms with Gasteiger partial charge >= 0.3 is 0 Å². The van der Waals surface area contributed by atoms with Crippen LogP contribution >= 0.6 is 34.7 Å². The minimum atomic E-state index is -0.00718. The van der Waals surface area contributed by atoms with E-state index in [2.05, 4.69) is 20.7 Å². The van der Waals surface area contributed by atoms with Crippen LogP contribution in [0.5, 0.6) is 0 Å². The number of nitrogens with zero attached hydrogens (tertiary/aromatic N) is 2. The normalized spacial score (nSPS) is 10.9. The fourth-order valence-electron chi connectivity index (χ4n) is 2.78. The Balaban J connectivity index is 1.49. The number of para-hydroxylation sites is 1. The summed E-state index contributed by atoms with van der Waals surface area (Å²) in [6.07, 6.45) is 1.99. The largest absolute Gasteiger partial charge is 0.326 e. The van der Waals surface area contributed by atoms with Gasteiger partial charge in [0.2, 0.25) is 5.91 Å². The average molecular weight is 426 g/mol. The number of thioether (sulfide) groups is 1. The van der Waals surface area contributed by atoms with Crippen molar-refractivity contribution in [2.24, 2.45) is 0 Å². The Morgan fingerprint density at radius 3 is 2.64 bits per heavy atom. The first-order valence-corrected chi connectivity index (χ1v) is 10.9. The number of halogens is 1. The molecule has 4 nitrogen and oxygen atoms in total. The number of carbonyl (C=O) groups excluding carboxylic acids is 1. The number of carbonyl (C=O) groups is 1. The lowest BCUT2D eigenvalue weighted by molar-refractivity contribution is -0.115. The van der Waals surface area contributed by atoms with Crippen molar-refractivity contribution in [3.05, 3.63) is 71.3 Å². The summed E-state index contributed by atoms with van der Waals surface area (Å²) in [7, 11) is 0. The second-order valence-corrected chi connectivity index (χ2v) is 8.41. The number of rotatable bonds is 6. The number of anilines is 1. The van der Waals surface area contributed by atoms with Crippen LogP contribution in [0, 0.1) is 0 Å². The predicted octanol–water partition coefficient (Wildman–Crippen LogP) is 6.13. The van der Waals surface area contributed by atoms with E-state index in [-0.39, 0.29) is 5.91 Å². The van der Waals surface area contributed by atoms with Gasteiger partial charge in [-0.05, 0) is 29.8 Å². The fourth-order valence-corrected chi connectivity index (χ4v) is 4.84. The fraction of sp³-hybridized carbons (Fsp3) is 0.0952. The quantitative estimate of drug-likeness (QED) is 0.298. The second kappa shape index (κ2) is 8.73. The molecule has 4 aromatic rings. The highest BCUT2D eigenvalue weighted by Gasteiger charge is 2.14. The Hall–Kier alpha value is -2.41. The van der Waals surface area contributed by atoms with E-state index in [1.165, 1.54) is 0 Å². The van der Waals surface area contributed by atoms with Gasteiger partial charge < -0.3 is 5.32 Å². The number of hydrogen-bond donors (Lipinski definition) is 1. The van der Waals surface area contributed by atoms with Crippen molar-refractivity contribution in [1.29, 1.82) is 0 Å². The molecule has 0 aliphatic rings. The van der Waals surface area contributed by atoms with Gasteiger partial charge in [0.1, 0.15) is 16.2 Å². The van der Waals surface area contributed by atoms with Crippen molar-refractivity contribution >= 4 is 56.5 Å². The zero-order valence-corrected chi connectivity index (χ0v) is 17.2. The van der Waals surface area contributed by atoms with Crippen LogP contribution in [0.4, 0.5) is 5.69 Å². The molecule has 4 rings (SSSR count). The van der Waals surface area contributed by atoms with E-state index >= 15 is 0 Å². The maximum absolute atomic E-state index is 12.2. The third-order valence-corrected chi connectivity index (χ3v) is 6.25. The molecule has 0 saturated heterocycles. The zero-order chi connectivity index (χ0) is 19.3. The van der Waals surface area contributed by atoms with Gasteiger partial charge in [-0.1, -0.05) is 41.9 Å². The van der Waals surface area contributed by atoms with Gasteiger partial charge in [0, 0.05) is 33.8 Å². The highest BCUT2D eigenvalue weighted by atomic mass is 35.5. The summed E-state index contributed by atoms with van der Waals surface area (Å²) < 4.78 is 0. The van der Waals surface area contributed by atoms with Gasteiger partial charge in [-0.2, -0.15) is 0 Å². The molecule has 7 heteroatoms. The van der Waals surface area contributed by atoms with E-state index in [1.807, 2.05) is 54.6 Å². The molecule has 1 amide bonds. The van der Waals surface area contributed by atoms with Crippen LogP contribution in [0.25, 0.3) is 21.3 Å². The van der Waals surface area contributed by atoms with Gasteiger partial charge in [-0.25, -0.2) is 9.97 Å². The van der Waals surface area contributed by atoms with Crippen LogP contribution < -0.4 is 5.32 Å². The third-order valence-electron chi connectivity index (χ3n) is 4.12. The molecule has 0 saturated carbocycles. The SMILES string of the molecule is O=C(CCSc1ncnc2scc(-c3ccc(Cl)cc3)c12)Nc1ccccc1. The van der Waals surface area contributed by atoms with E-state index in [4.69, 9.17) is 11.6 Å². The number of thiophene rings is 1. The summed E-state index contributed by atoms with van der Waals surface area (Å²) in [5.74, 6) is 0.632. The van der Waals surface area contributed by atoms with E-state index in [0.29, 0.717) is 17.2 Å². The maximum Gasteiger partial charge on any atom is 0.225 e. The van der Waals surface area contributed by atoms with Gasteiger partial charge in [0.15, 0.2) is 0 Å². The number of aromatic nitrogens is 2. The van der Waals surface area contributed by atoms with E-state index < -0.39 is 0 Å². The summed E-state index contributed by atoms with van der Waals surface area (Å²) in [6.45, 7) is 0. The van der Waals surface area contributed by atoms with Crippen molar-refractivity contribution in [2.45, 2.75) is 11.4 Å². The third kappa shape index (κ3) is 4.35. The van der Waals surface area contributed by atoms with E-state index in [9.17, 15) is 4.79 Å². The molecule has 2 aromatic carbocycles. The molecule has 0 unspecified atom stereocenters. The lowest BCUT2D eigenvalue weighted by Crippen LogP contribution is -2.12. The van der Waals surface area contributed by atoms with Crippen LogP contribution in [0.15, 0.2) is 71.3 Å². The lowest BCUT2D eigenvalue weighted by atomic mass is 10.1. The molecule has 0 spiro atoms. The van der Waals surface area contributed by atoms with Crippen LogP contribution in [-0.4, -0.2) is 21.6 Å². The van der Waals surface area contributed by atoms with Gasteiger partial charge in [-0.3, -0.25) is 4.79 Å². The first kappa shape index (κ1) is 18.9. The Kier molecular flexibility index (Phi) is 5.90. The number of fused-ring (bicyclic) bond motifs is 1.